The van der Waals surface area contributed by atoms with Gasteiger partial charge in [-0.2, -0.15) is 5.26 Å². The number of hydrogen-bond acceptors (Lipinski definition) is 4. The number of nitriles is 1. The molecule has 0 unspecified atom stereocenters. The number of pyridine rings is 1. The zero-order chi connectivity index (χ0) is 9.97. The number of aromatic nitrogens is 1. The van der Waals surface area contributed by atoms with Crippen molar-refractivity contribution in [3.05, 3.63) is 35.5 Å². The Morgan fingerprint density at radius 2 is 2.07 bits per heavy atom. The van der Waals surface area contributed by atoms with Crippen LogP contribution in [-0.4, -0.2) is 4.98 Å². The van der Waals surface area contributed by atoms with E-state index in [-0.39, 0.29) is 0 Å². The number of thiophene rings is 1. The third-order valence-electron chi connectivity index (χ3n) is 1.83. The molecular weight excluding hydrogens is 194 g/mol. The summed E-state index contributed by atoms with van der Waals surface area (Å²) in [6.45, 7) is 0. The van der Waals surface area contributed by atoms with Gasteiger partial charge in [-0.25, -0.2) is 0 Å². The van der Waals surface area contributed by atoms with Crippen LogP contribution < -0.4 is 5.73 Å². The molecule has 0 bridgehead atoms. The second-order valence-corrected chi connectivity index (χ2v) is 3.80. The Hall–Kier alpha value is -1.86. The van der Waals surface area contributed by atoms with Crippen molar-refractivity contribution in [3.8, 4) is 16.5 Å². The Kier molecular flexibility index (Phi) is 2.17. The first kappa shape index (κ1) is 8.73. The van der Waals surface area contributed by atoms with E-state index in [0.29, 0.717) is 10.6 Å². The maximum Gasteiger partial charge on any atom is 0.128 e. The van der Waals surface area contributed by atoms with Crippen molar-refractivity contribution >= 4 is 17.0 Å². The van der Waals surface area contributed by atoms with Crippen LogP contribution in [0.3, 0.4) is 0 Å². The molecule has 4 heteroatoms. The van der Waals surface area contributed by atoms with Crippen LogP contribution in [0.1, 0.15) is 4.88 Å². The summed E-state index contributed by atoms with van der Waals surface area (Å²) in [5.74, 6) is 0. The number of nitrogens with zero attached hydrogens (tertiary/aromatic N) is 2. The van der Waals surface area contributed by atoms with Gasteiger partial charge < -0.3 is 5.73 Å². The zero-order valence-electron chi connectivity index (χ0n) is 7.27. The van der Waals surface area contributed by atoms with E-state index < -0.39 is 0 Å². The van der Waals surface area contributed by atoms with E-state index >= 15 is 0 Å². The average Bonchev–Trinajstić information content (AvgIpc) is 2.61. The van der Waals surface area contributed by atoms with E-state index in [1.54, 1.807) is 12.4 Å². The van der Waals surface area contributed by atoms with Gasteiger partial charge in [0.2, 0.25) is 0 Å². The molecule has 0 aliphatic carbocycles. The second kappa shape index (κ2) is 3.48. The summed E-state index contributed by atoms with van der Waals surface area (Å²) in [6.07, 6.45) is 3.44. The van der Waals surface area contributed by atoms with Gasteiger partial charge in [0.1, 0.15) is 10.9 Å². The van der Waals surface area contributed by atoms with Crippen molar-refractivity contribution in [3.63, 3.8) is 0 Å². The predicted molar refractivity (Wildman–Crippen MR) is 56.7 cm³/mol. The van der Waals surface area contributed by atoms with E-state index in [1.165, 1.54) is 11.3 Å². The lowest BCUT2D eigenvalue weighted by Gasteiger charge is -1.92. The third-order valence-corrected chi connectivity index (χ3v) is 2.93. The lowest BCUT2D eigenvalue weighted by Crippen LogP contribution is -1.81. The minimum Gasteiger partial charge on any atom is -0.397 e. The van der Waals surface area contributed by atoms with Crippen molar-refractivity contribution in [2.24, 2.45) is 0 Å². The highest BCUT2D eigenvalue weighted by molar-refractivity contribution is 7.16. The molecule has 0 atom stereocenters. The zero-order valence-corrected chi connectivity index (χ0v) is 8.08. The largest absolute Gasteiger partial charge is 0.397 e. The molecule has 0 saturated carbocycles. The van der Waals surface area contributed by atoms with Gasteiger partial charge in [-0.15, -0.1) is 11.3 Å². The fourth-order valence-corrected chi connectivity index (χ4v) is 2.03. The van der Waals surface area contributed by atoms with Gasteiger partial charge in [0, 0.05) is 17.3 Å². The number of nitrogens with two attached hydrogens (primary N) is 1. The fraction of sp³-hybridized carbons (Fsp3) is 0. The maximum absolute atomic E-state index is 8.75. The maximum atomic E-state index is 8.75. The van der Waals surface area contributed by atoms with E-state index in [4.69, 9.17) is 11.0 Å². The quantitative estimate of drug-likeness (QED) is 0.769. The van der Waals surface area contributed by atoms with Gasteiger partial charge in [-0.05, 0) is 23.8 Å². The Balaban J connectivity index is 2.50. The van der Waals surface area contributed by atoms with Gasteiger partial charge in [-0.1, -0.05) is 0 Å². The topological polar surface area (TPSA) is 62.7 Å². The molecule has 0 spiro atoms. The van der Waals surface area contributed by atoms with Crippen LogP contribution in [0.5, 0.6) is 0 Å². The molecule has 0 fully saturated rings. The van der Waals surface area contributed by atoms with E-state index in [0.717, 1.165) is 10.4 Å². The van der Waals surface area contributed by atoms with E-state index in [2.05, 4.69) is 11.1 Å². The molecule has 0 aliphatic rings. The average molecular weight is 201 g/mol. The molecule has 2 N–H and O–H groups in total. The lowest BCUT2D eigenvalue weighted by molar-refractivity contribution is 1.33. The Labute approximate surface area is 85.4 Å². The van der Waals surface area contributed by atoms with Crippen molar-refractivity contribution in [2.45, 2.75) is 0 Å². The van der Waals surface area contributed by atoms with Crippen LogP contribution >= 0.6 is 11.3 Å². The first-order valence-corrected chi connectivity index (χ1v) is 4.82. The Morgan fingerprint density at radius 1 is 1.36 bits per heavy atom. The van der Waals surface area contributed by atoms with E-state index in [9.17, 15) is 0 Å². The monoisotopic (exact) mass is 201 g/mol. The summed E-state index contributed by atoms with van der Waals surface area (Å²) in [4.78, 5) is 5.50. The number of anilines is 1. The molecule has 2 aromatic heterocycles. The highest BCUT2D eigenvalue weighted by atomic mass is 32.1. The fourth-order valence-electron chi connectivity index (χ4n) is 1.15. The molecule has 2 heterocycles. The standard InChI is InChI=1S/C10H7N3S/c11-6-10-8(12)5-9(14-10)7-1-3-13-4-2-7/h1-5H,12H2. The number of nitrogen functional groups attached to an aromatic ring is 1. The van der Waals surface area contributed by atoms with Gasteiger partial charge >= 0.3 is 0 Å². The van der Waals surface area contributed by atoms with Gasteiger partial charge in [0.25, 0.3) is 0 Å². The molecule has 3 nitrogen and oxygen atoms in total. The molecular formula is C10H7N3S. The first-order chi connectivity index (χ1) is 6.81. The molecule has 2 aromatic rings. The summed E-state index contributed by atoms with van der Waals surface area (Å²) < 4.78 is 0. The highest BCUT2D eigenvalue weighted by Gasteiger charge is 2.06. The van der Waals surface area contributed by atoms with Crippen LogP contribution in [0.4, 0.5) is 5.69 Å². The summed E-state index contributed by atoms with van der Waals surface area (Å²) in [5, 5.41) is 8.75. The molecule has 2 rings (SSSR count). The molecule has 68 valence electrons. The third kappa shape index (κ3) is 1.45. The summed E-state index contributed by atoms with van der Waals surface area (Å²) in [7, 11) is 0. The van der Waals surface area contributed by atoms with Crippen molar-refractivity contribution in [1.82, 2.24) is 4.98 Å². The van der Waals surface area contributed by atoms with Gasteiger partial charge in [-0.3, -0.25) is 4.98 Å². The minimum atomic E-state index is 0.546. The lowest BCUT2D eigenvalue weighted by atomic mass is 10.2. The molecule has 0 amide bonds. The normalized spacial score (nSPS) is 9.64. The van der Waals surface area contributed by atoms with Crippen LogP contribution in [0.2, 0.25) is 0 Å². The summed E-state index contributed by atoms with van der Waals surface area (Å²) >= 11 is 1.40. The number of hydrogen-bond donors (Lipinski definition) is 1. The van der Waals surface area contributed by atoms with Crippen LogP contribution in [0.25, 0.3) is 10.4 Å². The summed E-state index contributed by atoms with van der Waals surface area (Å²) in [5.41, 5.74) is 7.25. The SMILES string of the molecule is N#Cc1sc(-c2ccncc2)cc1N. The van der Waals surface area contributed by atoms with Crippen molar-refractivity contribution in [2.75, 3.05) is 5.73 Å². The molecule has 14 heavy (non-hydrogen) atoms. The van der Waals surface area contributed by atoms with Gasteiger partial charge in [0.15, 0.2) is 0 Å². The smallest absolute Gasteiger partial charge is 0.128 e. The van der Waals surface area contributed by atoms with Gasteiger partial charge in [0.05, 0.1) is 5.69 Å². The first-order valence-electron chi connectivity index (χ1n) is 4.01. The van der Waals surface area contributed by atoms with E-state index in [1.807, 2.05) is 18.2 Å². The summed E-state index contributed by atoms with van der Waals surface area (Å²) in [6, 6.07) is 7.67. The molecule has 0 aliphatic heterocycles. The second-order valence-electron chi connectivity index (χ2n) is 2.74. The van der Waals surface area contributed by atoms with Crippen LogP contribution in [0.15, 0.2) is 30.6 Å². The van der Waals surface area contributed by atoms with Crippen LogP contribution in [0, 0.1) is 11.3 Å². The highest BCUT2D eigenvalue weighted by Crippen LogP contribution is 2.31. The minimum absolute atomic E-state index is 0.546. The number of rotatable bonds is 1. The van der Waals surface area contributed by atoms with Crippen LogP contribution in [-0.2, 0) is 0 Å². The molecule has 0 saturated heterocycles. The van der Waals surface area contributed by atoms with Crippen molar-refractivity contribution in [1.29, 1.82) is 5.26 Å². The van der Waals surface area contributed by atoms with Crippen molar-refractivity contribution < 1.29 is 0 Å². The Morgan fingerprint density at radius 3 is 2.64 bits per heavy atom. The molecule has 0 radical (unpaired) electrons. The Bertz CT molecular complexity index is 482. The molecule has 0 aromatic carbocycles. The predicted octanol–water partition coefficient (Wildman–Crippen LogP) is 2.26.